The van der Waals surface area contributed by atoms with Crippen molar-refractivity contribution in [2.75, 3.05) is 20.6 Å². The molecule has 2 nitrogen and oxygen atoms in total. The van der Waals surface area contributed by atoms with Gasteiger partial charge in [-0.3, -0.25) is 0 Å². The lowest BCUT2D eigenvalue weighted by molar-refractivity contribution is 0.179. The van der Waals surface area contributed by atoms with Gasteiger partial charge in [0.1, 0.15) is 0 Å². The first-order valence-corrected chi connectivity index (χ1v) is 5.15. The van der Waals surface area contributed by atoms with Gasteiger partial charge >= 0.3 is 0 Å². The Morgan fingerprint density at radius 1 is 1.42 bits per heavy atom. The van der Waals surface area contributed by atoms with Crippen molar-refractivity contribution in [3.63, 3.8) is 0 Å². The minimum absolute atomic E-state index is 0.762. The zero-order valence-electron chi connectivity index (χ0n) is 8.64. The summed E-state index contributed by atoms with van der Waals surface area (Å²) in [6.07, 6.45) is 5.48. The molecule has 1 fully saturated rings. The SMILES string of the molecule is CCN(C)C1CCCC(NC)C1. The van der Waals surface area contributed by atoms with Crippen molar-refractivity contribution < 1.29 is 0 Å². The van der Waals surface area contributed by atoms with Gasteiger partial charge in [-0.2, -0.15) is 0 Å². The van der Waals surface area contributed by atoms with Gasteiger partial charge < -0.3 is 10.2 Å². The zero-order chi connectivity index (χ0) is 8.97. The van der Waals surface area contributed by atoms with E-state index in [0.717, 1.165) is 12.1 Å². The Bertz CT molecular complexity index is 123. The quantitative estimate of drug-likeness (QED) is 0.690. The molecule has 2 heteroatoms. The van der Waals surface area contributed by atoms with Crippen LogP contribution in [0.1, 0.15) is 32.6 Å². The molecule has 0 spiro atoms. The molecule has 0 bridgehead atoms. The van der Waals surface area contributed by atoms with Crippen molar-refractivity contribution in [1.29, 1.82) is 0 Å². The number of nitrogens with zero attached hydrogens (tertiary/aromatic N) is 1. The molecule has 1 N–H and O–H groups in total. The lowest BCUT2D eigenvalue weighted by atomic mass is 9.90. The third-order valence-corrected chi connectivity index (χ3v) is 3.18. The molecule has 72 valence electrons. The molecule has 2 unspecified atom stereocenters. The lowest BCUT2D eigenvalue weighted by Gasteiger charge is -2.34. The van der Waals surface area contributed by atoms with Crippen molar-refractivity contribution in [3.8, 4) is 0 Å². The van der Waals surface area contributed by atoms with Crippen LogP contribution in [0.2, 0.25) is 0 Å². The van der Waals surface area contributed by atoms with Crippen LogP contribution >= 0.6 is 0 Å². The van der Waals surface area contributed by atoms with Gasteiger partial charge in [0.25, 0.3) is 0 Å². The minimum atomic E-state index is 0.762. The second-order valence-corrected chi connectivity index (χ2v) is 3.88. The Kier molecular flexibility index (Phi) is 4.02. The molecule has 1 aliphatic carbocycles. The molecule has 0 amide bonds. The highest BCUT2D eigenvalue weighted by atomic mass is 15.1. The highest BCUT2D eigenvalue weighted by Gasteiger charge is 2.22. The summed E-state index contributed by atoms with van der Waals surface area (Å²) in [7, 11) is 4.32. The van der Waals surface area contributed by atoms with E-state index in [1.807, 2.05) is 0 Å². The summed E-state index contributed by atoms with van der Waals surface area (Å²) in [6, 6.07) is 1.58. The van der Waals surface area contributed by atoms with Crippen LogP contribution in [0.4, 0.5) is 0 Å². The molecule has 0 aromatic heterocycles. The van der Waals surface area contributed by atoms with Gasteiger partial charge in [0.2, 0.25) is 0 Å². The first-order valence-electron chi connectivity index (χ1n) is 5.15. The van der Waals surface area contributed by atoms with E-state index in [4.69, 9.17) is 0 Å². The highest BCUT2D eigenvalue weighted by molar-refractivity contribution is 4.81. The number of hydrogen-bond acceptors (Lipinski definition) is 2. The fraction of sp³-hybridized carbons (Fsp3) is 1.00. The molecule has 0 radical (unpaired) electrons. The second-order valence-electron chi connectivity index (χ2n) is 3.88. The average molecular weight is 170 g/mol. The Morgan fingerprint density at radius 3 is 2.75 bits per heavy atom. The maximum atomic E-state index is 3.39. The van der Waals surface area contributed by atoms with Crippen LogP contribution in [0.5, 0.6) is 0 Å². The predicted octanol–water partition coefficient (Wildman–Crippen LogP) is 1.47. The molecule has 0 aromatic carbocycles. The van der Waals surface area contributed by atoms with Crippen LogP contribution in [0.3, 0.4) is 0 Å². The van der Waals surface area contributed by atoms with Crippen LogP contribution in [0, 0.1) is 0 Å². The maximum Gasteiger partial charge on any atom is 0.0107 e. The van der Waals surface area contributed by atoms with Crippen LogP contribution in [0.25, 0.3) is 0 Å². The zero-order valence-corrected chi connectivity index (χ0v) is 8.64. The summed E-state index contributed by atoms with van der Waals surface area (Å²) in [4.78, 5) is 2.48. The monoisotopic (exact) mass is 170 g/mol. The Hall–Kier alpha value is -0.0800. The average Bonchev–Trinajstić information content (AvgIpc) is 2.17. The van der Waals surface area contributed by atoms with Crippen molar-refractivity contribution in [2.45, 2.75) is 44.7 Å². The van der Waals surface area contributed by atoms with Gasteiger partial charge in [0, 0.05) is 12.1 Å². The van der Waals surface area contributed by atoms with Gasteiger partial charge in [-0.1, -0.05) is 13.3 Å². The predicted molar refractivity (Wildman–Crippen MR) is 53.4 cm³/mol. The molecule has 1 aliphatic rings. The summed E-state index contributed by atoms with van der Waals surface area (Å²) < 4.78 is 0. The Morgan fingerprint density at radius 2 is 2.17 bits per heavy atom. The van der Waals surface area contributed by atoms with Crippen molar-refractivity contribution in [1.82, 2.24) is 10.2 Å². The van der Waals surface area contributed by atoms with E-state index in [2.05, 4.69) is 31.2 Å². The van der Waals surface area contributed by atoms with Crippen LogP contribution in [-0.4, -0.2) is 37.6 Å². The molecular weight excluding hydrogens is 148 g/mol. The van der Waals surface area contributed by atoms with E-state index in [9.17, 15) is 0 Å². The van der Waals surface area contributed by atoms with Crippen molar-refractivity contribution in [2.24, 2.45) is 0 Å². The summed E-state index contributed by atoms with van der Waals surface area (Å²) in [5.74, 6) is 0. The molecule has 0 aromatic rings. The molecule has 12 heavy (non-hydrogen) atoms. The molecule has 1 rings (SSSR count). The minimum Gasteiger partial charge on any atom is -0.317 e. The maximum absolute atomic E-state index is 3.39. The number of rotatable bonds is 3. The third kappa shape index (κ3) is 2.46. The van der Waals surface area contributed by atoms with E-state index in [1.165, 1.54) is 32.2 Å². The van der Waals surface area contributed by atoms with Crippen LogP contribution in [0.15, 0.2) is 0 Å². The smallest absolute Gasteiger partial charge is 0.0107 e. The summed E-state index contributed by atoms with van der Waals surface area (Å²) >= 11 is 0. The Balaban J connectivity index is 2.34. The van der Waals surface area contributed by atoms with E-state index in [1.54, 1.807) is 0 Å². The first kappa shape index (κ1) is 10.0. The fourth-order valence-electron chi connectivity index (χ4n) is 2.08. The fourth-order valence-corrected chi connectivity index (χ4v) is 2.08. The van der Waals surface area contributed by atoms with Crippen molar-refractivity contribution >= 4 is 0 Å². The van der Waals surface area contributed by atoms with E-state index in [0.29, 0.717) is 0 Å². The third-order valence-electron chi connectivity index (χ3n) is 3.18. The molecule has 0 heterocycles. The lowest BCUT2D eigenvalue weighted by Crippen LogP contribution is -2.41. The largest absolute Gasteiger partial charge is 0.317 e. The van der Waals surface area contributed by atoms with Crippen LogP contribution in [-0.2, 0) is 0 Å². The normalized spacial score (nSPS) is 31.0. The second kappa shape index (κ2) is 4.83. The van der Waals surface area contributed by atoms with Gasteiger partial charge in [0.15, 0.2) is 0 Å². The molecule has 1 saturated carbocycles. The Labute approximate surface area is 76.3 Å². The summed E-state index contributed by atoms with van der Waals surface area (Å²) in [5.41, 5.74) is 0. The highest BCUT2D eigenvalue weighted by Crippen LogP contribution is 2.21. The van der Waals surface area contributed by atoms with Crippen molar-refractivity contribution in [3.05, 3.63) is 0 Å². The number of hydrogen-bond donors (Lipinski definition) is 1. The molecule has 0 aliphatic heterocycles. The van der Waals surface area contributed by atoms with Gasteiger partial charge in [-0.15, -0.1) is 0 Å². The topological polar surface area (TPSA) is 15.3 Å². The van der Waals surface area contributed by atoms with E-state index >= 15 is 0 Å². The van der Waals surface area contributed by atoms with Gasteiger partial charge in [-0.05, 0) is 39.9 Å². The number of nitrogens with one attached hydrogen (secondary N) is 1. The molecular formula is C10H22N2. The first-order chi connectivity index (χ1) is 5.77. The van der Waals surface area contributed by atoms with Gasteiger partial charge in [-0.25, -0.2) is 0 Å². The summed E-state index contributed by atoms with van der Waals surface area (Å²) in [6.45, 7) is 3.42. The standard InChI is InChI=1S/C10H22N2/c1-4-12(3)10-7-5-6-9(8-10)11-2/h9-11H,4-8H2,1-3H3. The van der Waals surface area contributed by atoms with Crippen LogP contribution < -0.4 is 5.32 Å². The molecule has 2 atom stereocenters. The van der Waals surface area contributed by atoms with Gasteiger partial charge in [0.05, 0.1) is 0 Å². The van der Waals surface area contributed by atoms with E-state index < -0.39 is 0 Å². The van der Waals surface area contributed by atoms with E-state index in [-0.39, 0.29) is 0 Å². The summed E-state index contributed by atoms with van der Waals surface area (Å²) in [5, 5.41) is 3.39. The molecule has 0 saturated heterocycles.